The van der Waals surface area contributed by atoms with Crippen LogP contribution in [0.25, 0.3) is 0 Å². The summed E-state index contributed by atoms with van der Waals surface area (Å²) in [6, 6.07) is 5.32. The highest BCUT2D eigenvalue weighted by molar-refractivity contribution is 5.94. The smallest absolute Gasteiger partial charge is 0.272 e. The van der Waals surface area contributed by atoms with Gasteiger partial charge in [0.1, 0.15) is 12.0 Å². The predicted molar refractivity (Wildman–Crippen MR) is 96.6 cm³/mol. The van der Waals surface area contributed by atoms with E-state index in [-0.39, 0.29) is 11.8 Å². The molecule has 2 aromatic heterocycles. The summed E-state index contributed by atoms with van der Waals surface area (Å²) in [4.78, 5) is 40.5. The molecule has 0 radical (unpaired) electrons. The van der Waals surface area contributed by atoms with Gasteiger partial charge in [0.2, 0.25) is 0 Å². The van der Waals surface area contributed by atoms with Crippen LogP contribution in [0.2, 0.25) is 0 Å². The Morgan fingerprint density at radius 2 is 2.15 bits per heavy atom. The number of rotatable bonds is 4. The van der Waals surface area contributed by atoms with E-state index in [9.17, 15) is 9.59 Å². The fourth-order valence-electron chi connectivity index (χ4n) is 3.24. The van der Waals surface area contributed by atoms with E-state index in [1.165, 1.54) is 11.2 Å². The van der Waals surface area contributed by atoms with Crippen molar-refractivity contribution in [2.24, 2.45) is 5.92 Å². The molecular weight excluding hydrogens is 330 g/mol. The third kappa shape index (κ3) is 4.22. The first-order valence-electron chi connectivity index (χ1n) is 8.76. The minimum atomic E-state index is -0.134. The van der Waals surface area contributed by atoms with E-state index in [0.29, 0.717) is 23.7 Å². The maximum atomic E-state index is 12.6. The molecule has 1 fully saturated rings. The van der Waals surface area contributed by atoms with Gasteiger partial charge in [0.25, 0.3) is 11.8 Å². The molecule has 0 spiro atoms. The van der Waals surface area contributed by atoms with E-state index in [2.05, 4.69) is 15.0 Å². The molecule has 2 amide bonds. The van der Waals surface area contributed by atoms with Crippen LogP contribution < -0.4 is 0 Å². The van der Waals surface area contributed by atoms with Gasteiger partial charge in [-0.25, -0.2) is 9.97 Å². The van der Waals surface area contributed by atoms with Crippen molar-refractivity contribution in [1.29, 1.82) is 0 Å². The highest BCUT2D eigenvalue weighted by atomic mass is 16.2. The first-order chi connectivity index (χ1) is 12.5. The lowest BCUT2D eigenvalue weighted by Crippen LogP contribution is -2.40. The van der Waals surface area contributed by atoms with Gasteiger partial charge in [-0.2, -0.15) is 0 Å². The molecule has 1 unspecified atom stereocenters. The van der Waals surface area contributed by atoms with Gasteiger partial charge in [-0.1, -0.05) is 0 Å². The lowest BCUT2D eigenvalue weighted by atomic mass is 9.92. The number of carbonyl (C=O) groups is 2. The summed E-state index contributed by atoms with van der Waals surface area (Å²) in [5.41, 5.74) is 1.86. The van der Waals surface area contributed by atoms with Crippen molar-refractivity contribution in [1.82, 2.24) is 24.8 Å². The number of aromatic nitrogens is 3. The summed E-state index contributed by atoms with van der Waals surface area (Å²) in [5.74, 6) is 0.209. The van der Waals surface area contributed by atoms with Gasteiger partial charge in [0.15, 0.2) is 0 Å². The molecule has 2 aromatic rings. The van der Waals surface area contributed by atoms with Gasteiger partial charge in [0.05, 0.1) is 5.56 Å². The molecule has 3 rings (SSSR count). The number of carbonyl (C=O) groups excluding carboxylic acids is 2. The third-order valence-corrected chi connectivity index (χ3v) is 4.56. The van der Waals surface area contributed by atoms with Crippen LogP contribution in [0.5, 0.6) is 0 Å². The molecule has 1 saturated heterocycles. The lowest BCUT2D eigenvalue weighted by molar-refractivity contribution is 0.0672. The summed E-state index contributed by atoms with van der Waals surface area (Å²) in [7, 11) is 3.40. The average Bonchev–Trinajstić information content (AvgIpc) is 2.68. The summed E-state index contributed by atoms with van der Waals surface area (Å²) < 4.78 is 0. The van der Waals surface area contributed by atoms with Crippen LogP contribution in [-0.2, 0) is 6.42 Å². The second-order valence-corrected chi connectivity index (χ2v) is 6.80. The van der Waals surface area contributed by atoms with Gasteiger partial charge in [-0.3, -0.25) is 14.6 Å². The monoisotopic (exact) mass is 353 g/mol. The van der Waals surface area contributed by atoms with Crippen molar-refractivity contribution in [2.75, 3.05) is 27.2 Å². The van der Waals surface area contributed by atoms with Gasteiger partial charge in [-0.05, 0) is 43.4 Å². The van der Waals surface area contributed by atoms with E-state index in [1.807, 2.05) is 4.90 Å². The first-order valence-corrected chi connectivity index (χ1v) is 8.76. The number of pyridine rings is 1. The topological polar surface area (TPSA) is 79.3 Å². The van der Waals surface area contributed by atoms with Gasteiger partial charge >= 0.3 is 0 Å². The Hall–Kier alpha value is -2.83. The van der Waals surface area contributed by atoms with Crippen LogP contribution >= 0.6 is 0 Å². The van der Waals surface area contributed by atoms with Gasteiger partial charge in [-0.15, -0.1) is 0 Å². The van der Waals surface area contributed by atoms with E-state index in [0.717, 1.165) is 31.5 Å². The summed E-state index contributed by atoms with van der Waals surface area (Å²) in [5, 5.41) is 0. The van der Waals surface area contributed by atoms with Crippen LogP contribution in [0.15, 0.2) is 36.9 Å². The number of nitrogens with zero attached hydrogens (tertiary/aromatic N) is 5. The quantitative estimate of drug-likeness (QED) is 0.835. The Morgan fingerprint density at radius 3 is 2.88 bits per heavy atom. The SMILES string of the molecule is CN(C)C(=O)c1cc(CC2CCCN(C(=O)c3cccnc3)C2)ncn1. The molecular formula is C19H23N5O2. The lowest BCUT2D eigenvalue weighted by Gasteiger charge is -2.32. The fourth-order valence-corrected chi connectivity index (χ4v) is 3.24. The maximum absolute atomic E-state index is 12.6. The molecule has 1 aliphatic rings. The summed E-state index contributed by atoms with van der Waals surface area (Å²) in [6.45, 7) is 1.45. The minimum Gasteiger partial charge on any atom is -0.343 e. The second-order valence-electron chi connectivity index (χ2n) is 6.80. The van der Waals surface area contributed by atoms with Gasteiger partial charge < -0.3 is 9.80 Å². The van der Waals surface area contributed by atoms with Gasteiger partial charge in [0, 0.05) is 45.3 Å². The molecule has 7 heteroatoms. The van der Waals surface area contributed by atoms with Crippen molar-refractivity contribution in [3.8, 4) is 0 Å². The summed E-state index contributed by atoms with van der Waals surface area (Å²) >= 11 is 0. The van der Waals surface area contributed by atoms with Crippen molar-refractivity contribution < 1.29 is 9.59 Å². The predicted octanol–water partition coefficient (Wildman–Crippen LogP) is 1.67. The molecule has 1 aliphatic heterocycles. The molecule has 0 saturated carbocycles. The third-order valence-electron chi connectivity index (χ3n) is 4.56. The highest BCUT2D eigenvalue weighted by Crippen LogP contribution is 2.21. The Morgan fingerprint density at radius 1 is 1.31 bits per heavy atom. The van der Waals surface area contributed by atoms with Crippen LogP contribution in [-0.4, -0.2) is 63.8 Å². The van der Waals surface area contributed by atoms with E-state index in [4.69, 9.17) is 0 Å². The number of hydrogen-bond acceptors (Lipinski definition) is 5. The van der Waals surface area contributed by atoms with E-state index >= 15 is 0 Å². The van der Waals surface area contributed by atoms with Crippen molar-refractivity contribution in [3.63, 3.8) is 0 Å². The second kappa shape index (κ2) is 8.03. The first kappa shape index (κ1) is 18.0. The number of likely N-dealkylation sites (tertiary alicyclic amines) is 1. The fraction of sp³-hybridized carbons (Fsp3) is 0.421. The molecule has 7 nitrogen and oxygen atoms in total. The number of hydrogen-bond donors (Lipinski definition) is 0. The van der Waals surface area contributed by atoms with Crippen LogP contribution in [0.1, 0.15) is 39.4 Å². The van der Waals surface area contributed by atoms with Crippen LogP contribution in [0.3, 0.4) is 0 Å². The zero-order valence-corrected chi connectivity index (χ0v) is 15.1. The van der Waals surface area contributed by atoms with E-state index < -0.39 is 0 Å². The summed E-state index contributed by atoms with van der Waals surface area (Å²) in [6.07, 6.45) is 7.44. The number of amides is 2. The molecule has 0 aromatic carbocycles. The maximum Gasteiger partial charge on any atom is 0.272 e. The Kier molecular flexibility index (Phi) is 5.55. The molecule has 136 valence electrons. The molecule has 1 atom stereocenters. The largest absolute Gasteiger partial charge is 0.343 e. The zero-order valence-electron chi connectivity index (χ0n) is 15.1. The van der Waals surface area contributed by atoms with E-state index in [1.54, 1.807) is 44.7 Å². The molecule has 26 heavy (non-hydrogen) atoms. The Labute approximate surface area is 153 Å². The molecule has 0 bridgehead atoms. The number of piperidine rings is 1. The molecule has 0 N–H and O–H groups in total. The normalized spacial score (nSPS) is 17.0. The Balaban J connectivity index is 1.66. The minimum absolute atomic E-state index is 0.0222. The molecule has 3 heterocycles. The van der Waals surface area contributed by atoms with Crippen molar-refractivity contribution in [3.05, 3.63) is 53.9 Å². The van der Waals surface area contributed by atoms with Crippen LogP contribution in [0.4, 0.5) is 0 Å². The average molecular weight is 353 g/mol. The zero-order chi connectivity index (χ0) is 18.5. The Bertz CT molecular complexity index is 779. The standard InChI is InChI=1S/C19H23N5O2/c1-23(2)19(26)17-10-16(21-13-22-17)9-14-5-4-8-24(12-14)18(25)15-6-3-7-20-11-15/h3,6-7,10-11,13-14H,4-5,8-9,12H2,1-2H3. The highest BCUT2D eigenvalue weighted by Gasteiger charge is 2.25. The van der Waals surface area contributed by atoms with Crippen molar-refractivity contribution >= 4 is 11.8 Å². The molecule has 0 aliphatic carbocycles. The van der Waals surface area contributed by atoms with Crippen LogP contribution in [0, 0.1) is 5.92 Å². The van der Waals surface area contributed by atoms with Crippen molar-refractivity contribution in [2.45, 2.75) is 19.3 Å².